The molecular formula is C10H8F5NO2. The molecule has 0 radical (unpaired) electrons. The van der Waals surface area contributed by atoms with Crippen molar-refractivity contribution in [1.82, 2.24) is 4.98 Å². The smallest absolute Gasteiger partial charge is 0.330 e. The summed E-state index contributed by atoms with van der Waals surface area (Å²) in [4.78, 5) is 14.7. The number of alkyl halides is 4. The first-order chi connectivity index (χ1) is 8.34. The third-order valence-electron chi connectivity index (χ3n) is 1.92. The van der Waals surface area contributed by atoms with Crippen molar-refractivity contribution in [1.29, 1.82) is 0 Å². The molecule has 0 saturated carbocycles. The molecule has 0 unspecified atom stereocenters. The molecule has 0 aromatic carbocycles. The summed E-state index contributed by atoms with van der Waals surface area (Å²) in [5.41, 5.74) is -0.398. The number of rotatable bonds is 6. The first kappa shape index (κ1) is 14.5. The summed E-state index contributed by atoms with van der Waals surface area (Å²) in [6.45, 7) is -2.52. The minimum Gasteiger partial charge on any atom is -0.367 e. The van der Waals surface area contributed by atoms with Crippen molar-refractivity contribution < 1.29 is 31.5 Å². The molecule has 0 saturated heterocycles. The van der Waals surface area contributed by atoms with Crippen molar-refractivity contribution in [2.24, 2.45) is 0 Å². The van der Waals surface area contributed by atoms with E-state index in [-0.39, 0.29) is 0 Å². The molecule has 0 aliphatic heterocycles. The highest BCUT2D eigenvalue weighted by molar-refractivity contribution is 5.97. The van der Waals surface area contributed by atoms with Crippen molar-refractivity contribution >= 4 is 5.78 Å². The van der Waals surface area contributed by atoms with E-state index in [0.717, 1.165) is 18.5 Å². The van der Waals surface area contributed by atoms with Crippen LogP contribution in [-0.4, -0.2) is 36.3 Å². The van der Waals surface area contributed by atoms with Crippen molar-refractivity contribution in [3.8, 4) is 0 Å². The maximum atomic E-state index is 13.0. The number of hydrogen-bond acceptors (Lipinski definition) is 3. The van der Waals surface area contributed by atoms with Gasteiger partial charge in [-0.2, -0.15) is 8.78 Å². The van der Waals surface area contributed by atoms with Gasteiger partial charge in [0.1, 0.15) is 13.2 Å². The Labute approximate surface area is 98.6 Å². The first-order valence-corrected chi connectivity index (χ1v) is 4.71. The Morgan fingerprint density at radius 2 is 2.11 bits per heavy atom. The van der Waals surface area contributed by atoms with Gasteiger partial charge in [0.05, 0.1) is 11.8 Å². The van der Waals surface area contributed by atoms with E-state index in [9.17, 15) is 26.7 Å². The summed E-state index contributed by atoms with van der Waals surface area (Å²) in [5.74, 6) is -6.21. The van der Waals surface area contributed by atoms with E-state index in [1.807, 2.05) is 0 Å². The molecule has 1 rings (SSSR count). The van der Waals surface area contributed by atoms with E-state index in [0.29, 0.717) is 0 Å². The highest BCUT2D eigenvalue weighted by atomic mass is 19.3. The lowest BCUT2D eigenvalue weighted by Gasteiger charge is -2.14. The molecule has 0 spiro atoms. The fourth-order valence-electron chi connectivity index (χ4n) is 1.02. The van der Waals surface area contributed by atoms with Gasteiger partial charge >= 0.3 is 12.3 Å². The molecule has 1 aromatic rings. The SMILES string of the molecule is O=C(COCC(F)(F)C(F)F)c1ccncc1F. The number of ether oxygens (including phenoxy) is 1. The van der Waals surface area contributed by atoms with Crippen LogP contribution in [0.25, 0.3) is 0 Å². The van der Waals surface area contributed by atoms with Crippen LogP contribution in [0.3, 0.4) is 0 Å². The summed E-state index contributed by atoms with van der Waals surface area (Å²) in [7, 11) is 0. The number of pyridine rings is 1. The molecule has 0 aliphatic carbocycles. The van der Waals surface area contributed by atoms with Gasteiger partial charge in [-0.15, -0.1) is 0 Å². The second-order valence-electron chi connectivity index (χ2n) is 3.33. The average molecular weight is 269 g/mol. The van der Waals surface area contributed by atoms with E-state index in [2.05, 4.69) is 9.72 Å². The van der Waals surface area contributed by atoms with Crippen LogP contribution in [0.1, 0.15) is 10.4 Å². The van der Waals surface area contributed by atoms with E-state index in [1.165, 1.54) is 0 Å². The van der Waals surface area contributed by atoms with E-state index >= 15 is 0 Å². The number of carbonyl (C=O) groups is 1. The zero-order valence-electron chi connectivity index (χ0n) is 8.88. The largest absolute Gasteiger partial charge is 0.367 e. The van der Waals surface area contributed by atoms with Gasteiger partial charge in [-0.3, -0.25) is 9.78 Å². The molecule has 100 valence electrons. The van der Waals surface area contributed by atoms with Crippen LogP contribution in [-0.2, 0) is 4.74 Å². The Kier molecular flexibility index (Phi) is 4.71. The standard InChI is InChI=1S/C10H8F5NO2/c11-7-3-16-2-1-6(7)8(17)4-18-5-10(14,15)9(12)13/h1-3,9H,4-5H2. The second kappa shape index (κ2) is 5.85. The zero-order valence-corrected chi connectivity index (χ0v) is 8.88. The highest BCUT2D eigenvalue weighted by Crippen LogP contribution is 2.22. The van der Waals surface area contributed by atoms with Gasteiger partial charge < -0.3 is 4.74 Å². The maximum Gasteiger partial charge on any atom is 0.330 e. The van der Waals surface area contributed by atoms with Crippen molar-refractivity contribution in [3.05, 3.63) is 29.8 Å². The Balaban J connectivity index is 2.51. The topological polar surface area (TPSA) is 39.2 Å². The fourth-order valence-corrected chi connectivity index (χ4v) is 1.02. The zero-order chi connectivity index (χ0) is 13.8. The van der Waals surface area contributed by atoms with Gasteiger partial charge in [0.2, 0.25) is 0 Å². The van der Waals surface area contributed by atoms with E-state index in [1.54, 1.807) is 0 Å². The molecule has 8 heteroatoms. The van der Waals surface area contributed by atoms with Gasteiger partial charge in [-0.25, -0.2) is 13.2 Å². The number of ketones is 1. The minimum atomic E-state index is -4.34. The van der Waals surface area contributed by atoms with Crippen molar-refractivity contribution in [3.63, 3.8) is 0 Å². The summed E-state index contributed by atoms with van der Waals surface area (Å²) in [5, 5.41) is 0. The number of hydrogen-bond donors (Lipinski definition) is 0. The van der Waals surface area contributed by atoms with Crippen LogP contribution in [0.5, 0.6) is 0 Å². The third kappa shape index (κ3) is 3.73. The lowest BCUT2D eigenvalue weighted by atomic mass is 10.2. The quantitative estimate of drug-likeness (QED) is 0.587. The lowest BCUT2D eigenvalue weighted by molar-refractivity contribution is -0.163. The normalized spacial score (nSPS) is 11.9. The summed E-state index contributed by atoms with van der Waals surface area (Å²) in [6.07, 6.45) is -1.99. The van der Waals surface area contributed by atoms with Gasteiger partial charge in [-0.05, 0) is 6.07 Å². The Bertz CT molecular complexity index is 424. The van der Waals surface area contributed by atoms with Crippen LogP contribution < -0.4 is 0 Å². The molecule has 1 aromatic heterocycles. The molecular weight excluding hydrogens is 261 g/mol. The first-order valence-electron chi connectivity index (χ1n) is 4.71. The number of aromatic nitrogens is 1. The molecule has 0 fully saturated rings. The second-order valence-corrected chi connectivity index (χ2v) is 3.33. The Morgan fingerprint density at radius 3 is 2.67 bits per heavy atom. The van der Waals surface area contributed by atoms with Crippen LogP contribution >= 0.6 is 0 Å². The molecule has 0 N–H and O–H groups in total. The molecule has 18 heavy (non-hydrogen) atoms. The van der Waals surface area contributed by atoms with E-state index in [4.69, 9.17) is 0 Å². The average Bonchev–Trinajstić information content (AvgIpc) is 2.29. The Morgan fingerprint density at radius 1 is 1.44 bits per heavy atom. The molecule has 0 atom stereocenters. The molecule has 0 amide bonds. The van der Waals surface area contributed by atoms with Gasteiger partial charge in [-0.1, -0.05) is 0 Å². The number of Topliss-reactive ketones (excluding diaryl/α,β-unsaturated/α-hetero) is 1. The highest BCUT2D eigenvalue weighted by Gasteiger charge is 2.41. The minimum absolute atomic E-state index is 0.398. The lowest BCUT2D eigenvalue weighted by Crippen LogP contribution is -2.33. The molecule has 1 heterocycles. The number of nitrogens with zero attached hydrogens (tertiary/aromatic N) is 1. The van der Waals surface area contributed by atoms with Gasteiger partial charge in [0.25, 0.3) is 0 Å². The van der Waals surface area contributed by atoms with E-state index < -0.39 is 42.7 Å². The van der Waals surface area contributed by atoms with Crippen molar-refractivity contribution in [2.45, 2.75) is 12.3 Å². The van der Waals surface area contributed by atoms with Crippen LogP contribution in [0.2, 0.25) is 0 Å². The van der Waals surface area contributed by atoms with Crippen LogP contribution in [0.15, 0.2) is 18.5 Å². The monoisotopic (exact) mass is 269 g/mol. The molecule has 0 aliphatic rings. The fraction of sp³-hybridized carbons (Fsp3) is 0.400. The summed E-state index contributed by atoms with van der Waals surface area (Å²) in [6, 6.07) is 1.03. The summed E-state index contributed by atoms with van der Waals surface area (Å²) < 4.78 is 65.5. The van der Waals surface area contributed by atoms with Crippen molar-refractivity contribution in [2.75, 3.05) is 13.2 Å². The Hall–Kier alpha value is -1.57. The van der Waals surface area contributed by atoms with Crippen LogP contribution in [0, 0.1) is 5.82 Å². The van der Waals surface area contributed by atoms with Crippen LogP contribution in [0.4, 0.5) is 22.0 Å². The third-order valence-corrected chi connectivity index (χ3v) is 1.92. The molecule has 3 nitrogen and oxygen atoms in total. The maximum absolute atomic E-state index is 13.0. The van der Waals surface area contributed by atoms with Gasteiger partial charge in [0.15, 0.2) is 11.6 Å². The number of halogens is 5. The summed E-state index contributed by atoms with van der Waals surface area (Å²) >= 11 is 0. The van der Waals surface area contributed by atoms with Gasteiger partial charge in [0, 0.05) is 6.20 Å². The number of carbonyl (C=O) groups excluding carboxylic acids is 1. The molecule has 0 bridgehead atoms. The predicted molar refractivity (Wildman–Crippen MR) is 50.3 cm³/mol. The predicted octanol–water partition coefficient (Wildman–Crippen LogP) is 2.32.